The summed E-state index contributed by atoms with van der Waals surface area (Å²) >= 11 is 0. The highest BCUT2D eigenvalue weighted by Gasteiger charge is 2.11. The molecule has 2 aromatic rings. The van der Waals surface area contributed by atoms with Crippen LogP contribution in [-0.2, 0) is 17.6 Å². The van der Waals surface area contributed by atoms with Crippen molar-refractivity contribution in [2.24, 2.45) is 0 Å². The number of carbonyl (C=O) groups excluding carboxylic acids is 2. The van der Waals surface area contributed by atoms with Gasteiger partial charge in [-0.3, -0.25) is 9.59 Å². The molecule has 0 aliphatic heterocycles. The van der Waals surface area contributed by atoms with Crippen LogP contribution in [0.2, 0.25) is 0 Å². The van der Waals surface area contributed by atoms with Gasteiger partial charge in [-0.05, 0) is 66.8 Å². The van der Waals surface area contributed by atoms with Gasteiger partial charge in [0.15, 0.2) is 17.4 Å². The zero-order valence-electron chi connectivity index (χ0n) is 12.8. The Morgan fingerprint density at radius 3 is 2.50 bits per heavy atom. The first-order valence-electron chi connectivity index (χ1n) is 7.63. The summed E-state index contributed by atoms with van der Waals surface area (Å²) in [4.78, 5) is 23.7. The molecule has 0 aromatic heterocycles. The third kappa shape index (κ3) is 3.56. The maximum absolute atomic E-state index is 13.1. The second-order valence-corrected chi connectivity index (χ2v) is 5.65. The van der Waals surface area contributed by atoms with Crippen LogP contribution in [0.3, 0.4) is 0 Å². The fourth-order valence-electron chi connectivity index (χ4n) is 2.73. The summed E-state index contributed by atoms with van der Waals surface area (Å²) in [5, 5.41) is 2.69. The lowest BCUT2D eigenvalue weighted by Crippen LogP contribution is -2.09. The second kappa shape index (κ2) is 6.74. The van der Waals surface area contributed by atoms with Crippen molar-refractivity contribution in [1.29, 1.82) is 0 Å². The molecule has 122 valence electrons. The average Bonchev–Trinajstić information content (AvgIpc) is 3.03. The highest BCUT2D eigenvalue weighted by molar-refractivity contribution is 6.09. The summed E-state index contributed by atoms with van der Waals surface area (Å²) in [7, 11) is 0. The van der Waals surface area contributed by atoms with E-state index in [9.17, 15) is 18.4 Å². The Labute approximate surface area is 138 Å². The first-order chi connectivity index (χ1) is 11.5. The smallest absolute Gasteiger partial charge is 0.248 e. The van der Waals surface area contributed by atoms with Crippen LogP contribution in [-0.4, -0.2) is 11.7 Å². The van der Waals surface area contributed by atoms with Gasteiger partial charge in [0, 0.05) is 17.3 Å². The predicted octanol–water partition coefficient (Wildman–Crippen LogP) is 3.83. The molecule has 1 aliphatic carbocycles. The number of anilines is 1. The number of ketones is 1. The zero-order valence-corrected chi connectivity index (χ0v) is 12.8. The van der Waals surface area contributed by atoms with Gasteiger partial charge in [0.25, 0.3) is 0 Å². The molecule has 0 fully saturated rings. The van der Waals surface area contributed by atoms with Crippen LogP contribution in [0, 0.1) is 11.6 Å². The Balaban J connectivity index is 1.64. The molecule has 1 aliphatic rings. The topological polar surface area (TPSA) is 46.2 Å². The lowest BCUT2D eigenvalue weighted by atomic mass is 10.1. The summed E-state index contributed by atoms with van der Waals surface area (Å²) in [6.07, 6.45) is 5.30. The minimum Gasteiger partial charge on any atom is -0.323 e. The first kappa shape index (κ1) is 16.1. The van der Waals surface area contributed by atoms with E-state index in [1.807, 2.05) is 18.2 Å². The van der Waals surface area contributed by atoms with E-state index < -0.39 is 23.3 Å². The molecule has 0 unspecified atom stereocenters. The van der Waals surface area contributed by atoms with E-state index in [0.29, 0.717) is 5.69 Å². The molecular weight excluding hydrogens is 312 g/mol. The number of amides is 1. The Kier molecular flexibility index (Phi) is 4.51. The number of nitrogens with one attached hydrogen (secondary N) is 1. The largest absolute Gasteiger partial charge is 0.323 e. The van der Waals surface area contributed by atoms with Crippen LogP contribution >= 0.6 is 0 Å². The normalized spacial score (nSPS) is 13.1. The molecule has 0 heterocycles. The van der Waals surface area contributed by atoms with Crippen molar-refractivity contribution in [1.82, 2.24) is 0 Å². The van der Waals surface area contributed by atoms with Gasteiger partial charge in [-0.25, -0.2) is 8.78 Å². The second-order valence-electron chi connectivity index (χ2n) is 5.65. The number of hydrogen-bond donors (Lipinski definition) is 1. The summed E-state index contributed by atoms with van der Waals surface area (Å²) in [6.45, 7) is 0. The summed E-state index contributed by atoms with van der Waals surface area (Å²) < 4.78 is 25.9. The quantitative estimate of drug-likeness (QED) is 0.685. The average molecular weight is 327 g/mol. The van der Waals surface area contributed by atoms with E-state index in [-0.39, 0.29) is 5.56 Å². The zero-order chi connectivity index (χ0) is 17.1. The molecular formula is C19H15F2NO2. The van der Waals surface area contributed by atoms with Crippen LogP contribution < -0.4 is 5.32 Å². The number of hydrogen-bond acceptors (Lipinski definition) is 2. The van der Waals surface area contributed by atoms with Gasteiger partial charge >= 0.3 is 0 Å². The lowest BCUT2D eigenvalue weighted by molar-refractivity contribution is -0.111. The maximum Gasteiger partial charge on any atom is 0.248 e. The van der Waals surface area contributed by atoms with E-state index in [2.05, 4.69) is 5.32 Å². The molecule has 5 heteroatoms. The van der Waals surface area contributed by atoms with Gasteiger partial charge in [-0.15, -0.1) is 0 Å². The van der Waals surface area contributed by atoms with Crippen molar-refractivity contribution in [3.63, 3.8) is 0 Å². The number of benzene rings is 2. The Bertz CT molecular complexity index is 843. The number of fused-ring (bicyclic) bond motifs is 1. The first-order valence-corrected chi connectivity index (χ1v) is 7.63. The van der Waals surface area contributed by atoms with Crippen molar-refractivity contribution in [2.75, 3.05) is 5.32 Å². The molecule has 0 bridgehead atoms. The number of rotatable bonds is 4. The predicted molar refractivity (Wildman–Crippen MR) is 86.9 cm³/mol. The van der Waals surface area contributed by atoms with Gasteiger partial charge in [0.05, 0.1) is 0 Å². The van der Waals surface area contributed by atoms with E-state index in [1.54, 1.807) is 0 Å². The van der Waals surface area contributed by atoms with Crippen LogP contribution in [0.4, 0.5) is 14.5 Å². The third-order valence-electron chi connectivity index (χ3n) is 3.96. The SMILES string of the molecule is O=C(/C=C/C(=O)c1ccc(F)c(F)c1)Nc1ccc2c(c1)CCC2. The van der Waals surface area contributed by atoms with Crippen LogP contribution in [0.25, 0.3) is 0 Å². The monoisotopic (exact) mass is 327 g/mol. The van der Waals surface area contributed by atoms with Crippen LogP contribution in [0.15, 0.2) is 48.6 Å². The standard InChI is InChI=1S/C19H15F2NO2/c20-16-7-5-14(11-17(16)21)18(23)8-9-19(24)22-15-6-4-12-2-1-3-13(12)10-15/h4-11H,1-3H2,(H,22,24)/b9-8+. The maximum atomic E-state index is 13.1. The van der Waals surface area contributed by atoms with Crippen molar-refractivity contribution in [3.05, 3.63) is 76.9 Å². The van der Waals surface area contributed by atoms with Crippen LogP contribution in [0.5, 0.6) is 0 Å². The highest BCUT2D eigenvalue weighted by Crippen LogP contribution is 2.24. The molecule has 3 rings (SSSR count). The number of allylic oxidation sites excluding steroid dienone is 1. The fraction of sp³-hybridized carbons (Fsp3) is 0.158. The summed E-state index contributed by atoms with van der Waals surface area (Å²) in [5.74, 6) is -3.15. The van der Waals surface area contributed by atoms with Gasteiger partial charge in [-0.2, -0.15) is 0 Å². The molecule has 2 aromatic carbocycles. The Hall–Kier alpha value is -2.82. The van der Waals surface area contributed by atoms with Gasteiger partial charge in [0.1, 0.15) is 0 Å². The Morgan fingerprint density at radius 1 is 0.917 bits per heavy atom. The van der Waals surface area contributed by atoms with Gasteiger partial charge in [-0.1, -0.05) is 6.07 Å². The van der Waals surface area contributed by atoms with Gasteiger partial charge < -0.3 is 5.32 Å². The molecule has 0 saturated carbocycles. The molecule has 24 heavy (non-hydrogen) atoms. The van der Waals surface area contributed by atoms with Crippen molar-refractivity contribution < 1.29 is 18.4 Å². The molecule has 0 saturated heterocycles. The van der Waals surface area contributed by atoms with E-state index in [4.69, 9.17) is 0 Å². The van der Waals surface area contributed by atoms with E-state index in [0.717, 1.165) is 43.5 Å². The molecule has 1 amide bonds. The van der Waals surface area contributed by atoms with Crippen molar-refractivity contribution >= 4 is 17.4 Å². The van der Waals surface area contributed by atoms with Crippen LogP contribution in [0.1, 0.15) is 27.9 Å². The molecule has 0 radical (unpaired) electrons. The van der Waals surface area contributed by atoms with E-state index in [1.165, 1.54) is 17.2 Å². The Morgan fingerprint density at radius 2 is 1.71 bits per heavy atom. The summed E-state index contributed by atoms with van der Waals surface area (Å²) in [5.41, 5.74) is 3.19. The highest BCUT2D eigenvalue weighted by atomic mass is 19.2. The number of halogens is 2. The fourth-order valence-corrected chi connectivity index (χ4v) is 2.73. The molecule has 0 spiro atoms. The molecule has 0 atom stereocenters. The molecule has 1 N–H and O–H groups in total. The third-order valence-corrected chi connectivity index (χ3v) is 3.96. The van der Waals surface area contributed by atoms with Gasteiger partial charge in [0.2, 0.25) is 5.91 Å². The number of aryl methyl sites for hydroxylation is 2. The van der Waals surface area contributed by atoms with Crippen molar-refractivity contribution in [3.8, 4) is 0 Å². The van der Waals surface area contributed by atoms with Crippen molar-refractivity contribution in [2.45, 2.75) is 19.3 Å². The van der Waals surface area contributed by atoms with E-state index >= 15 is 0 Å². The minimum atomic E-state index is -1.10. The minimum absolute atomic E-state index is 0.0181. The molecule has 3 nitrogen and oxygen atoms in total. The number of carbonyl (C=O) groups is 2. The lowest BCUT2D eigenvalue weighted by Gasteiger charge is -2.05. The summed E-state index contributed by atoms with van der Waals surface area (Å²) in [6, 6.07) is 8.61.